The lowest BCUT2D eigenvalue weighted by Gasteiger charge is -2.10. The van der Waals surface area contributed by atoms with Crippen molar-refractivity contribution in [3.8, 4) is 5.75 Å². The Labute approximate surface area is 102 Å². The summed E-state index contributed by atoms with van der Waals surface area (Å²) in [5.41, 5.74) is 8.11. The van der Waals surface area contributed by atoms with E-state index >= 15 is 0 Å². The summed E-state index contributed by atoms with van der Waals surface area (Å²) in [6, 6.07) is 6.33. The summed E-state index contributed by atoms with van der Waals surface area (Å²) >= 11 is 0. The minimum Gasteiger partial charge on any atom is -0.496 e. The molecule has 2 aromatic rings. The van der Waals surface area contributed by atoms with Crippen LogP contribution in [0.3, 0.4) is 0 Å². The highest BCUT2D eigenvalue weighted by molar-refractivity contribution is 5.86. The molecule has 0 bridgehead atoms. The predicted molar refractivity (Wildman–Crippen MR) is 71.5 cm³/mol. The number of aromatic nitrogens is 1. The van der Waals surface area contributed by atoms with Crippen LogP contribution in [-0.4, -0.2) is 18.2 Å². The van der Waals surface area contributed by atoms with Crippen LogP contribution in [0.15, 0.2) is 24.4 Å². The molecule has 3 nitrogen and oxygen atoms in total. The van der Waals surface area contributed by atoms with E-state index in [1.54, 1.807) is 7.11 Å². The van der Waals surface area contributed by atoms with E-state index in [-0.39, 0.29) is 0 Å². The average Bonchev–Trinajstić information content (AvgIpc) is 2.72. The highest BCUT2D eigenvalue weighted by atomic mass is 16.5. The Morgan fingerprint density at radius 2 is 2.06 bits per heavy atom. The summed E-state index contributed by atoms with van der Waals surface area (Å²) in [7, 11) is 3.80. The molecule has 2 N–H and O–H groups in total. The molecule has 3 heteroatoms. The number of nitrogens with zero attached hydrogens (tertiary/aromatic N) is 1. The number of benzene rings is 1. The van der Waals surface area contributed by atoms with Gasteiger partial charge in [-0.2, -0.15) is 0 Å². The van der Waals surface area contributed by atoms with Gasteiger partial charge in [0.15, 0.2) is 0 Å². The van der Waals surface area contributed by atoms with E-state index in [2.05, 4.69) is 36.0 Å². The second-order valence-corrected chi connectivity index (χ2v) is 4.35. The summed E-state index contributed by atoms with van der Waals surface area (Å²) in [5, 5.41) is 1.30. The molecule has 1 heterocycles. The zero-order valence-electron chi connectivity index (χ0n) is 10.6. The molecule has 17 heavy (non-hydrogen) atoms. The Kier molecular flexibility index (Phi) is 3.69. The van der Waals surface area contributed by atoms with E-state index in [9.17, 15) is 0 Å². The lowest BCUT2D eigenvalue weighted by molar-refractivity contribution is 0.410. The van der Waals surface area contributed by atoms with Gasteiger partial charge in [0.05, 0.1) is 7.11 Å². The first-order valence-electron chi connectivity index (χ1n) is 6.09. The van der Waals surface area contributed by atoms with Gasteiger partial charge in [-0.15, -0.1) is 0 Å². The van der Waals surface area contributed by atoms with Gasteiger partial charge in [0.2, 0.25) is 0 Å². The molecule has 0 radical (unpaired) electrons. The van der Waals surface area contributed by atoms with Gasteiger partial charge in [0.1, 0.15) is 5.75 Å². The Bertz CT molecular complexity index is 502. The Hall–Kier alpha value is -1.48. The first-order valence-corrected chi connectivity index (χ1v) is 6.09. The van der Waals surface area contributed by atoms with Gasteiger partial charge in [-0.05, 0) is 44.0 Å². The molecule has 0 saturated heterocycles. The maximum atomic E-state index is 5.54. The molecule has 0 unspecified atom stereocenters. The van der Waals surface area contributed by atoms with Crippen LogP contribution in [0.4, 0.5) is 0 Å². The summed E-state index contributed by atoms with van der Waals surface area (Å²) in [5.74, 6) is 0.987. The van der Waals surface area contributed by atoms with E-state index in [0.29, 0.717) is 0 Å². The van der Waals surface area contributed by atoms with Crippen LogP contribution in [0, 0.1) is 0 Å². The number of fused-ring (bicyclic) bond motifs is 1. The topological polar surface area (TPSA) is 40.2 Å². The number of hydrogen-bond acceptors (Lipinski definition) is 2. The summed E-state index contributed by atoms with van der Waals surface area (Å²) in [6.45, 7) is 0.757. The first kappa shape index (κ1) is 12.0. The molecule has 92 valence electrons. The Balaban J connectivity index is 2.40. The highest BCUT2D eigenvalue weighted by Crippen LogP contribution is 2.29. The molecule has 2 rings (SSSR count). The number of unbranched alkanes of at least 4 members (excludes halogenated alkanes) is 1. The van der Waals surface area contributed by atoms with E-state index in [1.807, 2.05) is 0 Å². The standard InChI is InChI=1S/C14H20N2O/c1-16-10-8-11-12(5-3-4-9-15)14(17-2)7-6-13(11)16/h6-8,10H,3-5,9,15H2,1-2H3. The number of rotatable bonds is 5. The smallest absolute Gasteiger partial charge is 0.122 e. The molecule has 0 fully saturated rings. The fourth-order valence-electron chi connectivity index (χ4n) is 2.29. The minimum absolute atomic E-state index is 0.757. The molecule has 1 aromatic heterocycles. The van der Waals surface area contributed by atoms with Crippen molar-refractivity contribution in [1.82, 2.24) is 4.57 Å². The van der Waals surface area contributed by atoms with Crippen molar-refractivity contribution in [3.05, 3.63) is 30.0 Å². The fraction of sp³-hybridized carbons (Fsp3) is 0.429. The summed E-state index contributed by atoms with van der Waals surface area (Å²) in [4.78, 5) is 0. The number of aryl methyl sites for hydroxylation is 2. The second-order valence-electron chi connectivity index (χ2n) is 4.35. The quantitative estimate of drug-likeness (QED) is 0.804. The average molecular weight is 232 g/mol. The van der Waals surface area contributed by atoms with Gasteiger partial charge in [-0.3, -0.25) is 0 Å². The molecule has 0 aliphatic rings. The van der Waals surface area contributed by atoms with E-state index in [1.165, 1.54) is 16.5 Å². The highest BCUT2D eigenvalue weighted by Gasteiger charge is 2.09. The van der Waals surface area contributed by atoms with Gasteiger partial charge in [-0.1, -0.05) is 0 Å². The molecule has 0 amide bonds. The van der Waals surface area contributed by atoms with Crippen molar-refractivity contribution in [2.24, 2.45) is 12.8 Å². The van der Waals surface area contributed by atoms with Crippen molar-refractivity contribution < 1.29 is 4.74 Å². The largest absolute Gasteiger partial charge is 0.496 e. The van der Waals surface area contributed by atoms with Crippen LogP contribution in [0.5, 0.6) is 5.75 Å². The van der Waals surface area contributed by atoms with Gasteiger partial charge in [-0.25, -0.2) is 0 Å². The van der Waals surface area contributed by atoms with E-state index in [0.717, 1.165) is 31.6 Å². The van der Waals surface area contributed by atoms with Gasteiger partial charge in [0.25, 0.3) is 0 Å². The molecule has 0 aliphatic heterocycles. The third kappa shape index (κ3) is 2.29. The molecular formula is C14H20N2O. The number of ether oxygens (including phenoxy) is 1. The number of methoxy groups -OCH3 is 1. The fourth-order valence-corrected chi connectivity index (χ4v) is 2.29. The van der Waals surface area contributed by atoms with Crippen molar-refractivity contribution in [3.63, 3.8) is 0 Å². The zero-order valence-corrected chi connectivity index (χ0v) is 10.6. The van der Waals surface area contributed by atoms with Crippen LogP contribution >= 0.6 is 0 Å². The molecule has 0 saturated carbocycles. The van der Waals surface area contributed by atoms with Crippen LogP contribution < -0.4 is 10.5 Å². The Morgan fingerprint density at radius 1 is 1.24 bits per heavy atom. The third-order valence-corrected chi connectivity index (χ3v) is 3.24. The third-order valence-electron chi connectivity index (χ3n) is 3.24. The molecule has 0 spiro atoms. The van der Waals surface area contributed by atoms with Crippen molar-refractivity contribution in [2.45, 2.75) is 19.3 Å². The maximum absolute atomic E-state index is 5.54. The van der Waals surface area contributed by atoms with Crippen LogP contribution in [0.2, 0.25) is 0 Å². The molecular weight excluding hydrogens is 212 g/mol. The maximum Gasteiger partial charge on any atom is 0.122 e. The molecule has 1 aromatic carbocycles. The first-order chi connectivity index (χ1) is 8.27. The molecule has 0 aliphatic carbocycles. The normalized spacial score (nSPS) is 11.0. The minimum atomic E-state index is 0.757. The van der Waals surface area contributed by atoms with Crippen molar-refractivity contribution in [1.29, 1.82) is 0 Å². The lowest BCUT2D eigenvalue weighted by atomic mass is 10.0. The Morgan fingerprint density at radius 3 is 2.76 bits per heavy atom. The van der Waals surface area contributed by atoms with Crippen LogP contribution in [0.1, 0.15) is 18.4 Å². The summed E-state index contributed by atoms with van der Waals surface area (Å²) in [6.07, 6.45) is 5.30. The molecule has 0 atom stereocenters. The number of hydrogen-bond donors (Lipinski definition) is 1. The summed E-state index contributed by atoms with van der Waals surface area (Å²) < 4.78 is 7.59. The monoisotopic (exact) mass is 232 g/mol. The second kappa shape index (κ2) is 5.23. The van der Waals surface area contributed by atoms with Crippen LogP contribution in [0.25, 0.3) is 10.9 Å². The van der Waals surface area contributed by atoms with E-state index < -0.39 is 0 Å². The lowest BCUT2D eigenvalue weighted by Crippen LogP contribution is -2.00. The van der Waals surface area contributed by atoms with Crippen LogP contribution in [-0.2, 0) is 13.5 Å². The number of nitrogens with two attached hydrogens (primary N) is 1. The SMILES string of the molecule is COc1ccc2c(ccn2C)c1CCCCN. The zero-order chi connectivity index (χ0) is 12.3. The predicted octanol–water partition coefficient (Wildman–Crippen LogP) is 2.47. The van der Waals surface area contributed by atoms with Gasteiger partial charge >= 0.3 is 0 Å². The van der Waals surface area contributed by atoms with Crippen molar-refractivity contribution >= 4 is 10.9 Å². The van der Waals surface area contributed by atoms with Gasteiger partial charge < -0.3 is 15.0 Å². The van der Waals surface area contributed by atoms with Crippen molar-refractivity contribution in [2.75, 3.05) is 13.7 Å². The van der Waals surface area contributed by atoms with E-state index in [4.69, 9.17) is 10.5 Å². The van der Waals surface area contributed by atoms with Gasteiger partial charge in [0, 0.05) is 29.7 Å².